The van der Waals surface area contributed by atoms with Gasteiger partial charge in [-0.1, -0.05) is 16.8 Å². The van der Waals surface area contributed by atoms with E-state index >= 15 is 0 Å². The molecule has 0 amide bonds. The van der Waals surface area contributed by atoms with Gasteiger partial charge in [-0.15, -0.1) is 0 Å². The van der Waals surface area contributed by atoms with Crippen molar-refractivity contribution < 1.29 is 22.2 Å². The molecule has 0 spiro atoms. The standard InChI is InChI=1S/C11H13ClF3N3O2S/c1-10(2)4-7(17-20-10)21(19)5-6-8(11(13,14)15)16-18(3)9(6)12/h4-5H2,1-3H3. The highest BCUT2D eigenvalue weighted by atomic mass is 35.5. The van der Waals surface area contributed by atoms with E-state index in [-0.39, 0.29) is 15.8 Å². The quantitative estimate of drug-likeness (QED) is 0.829. The topological polar surface area (TPSA) is 56.5 Å². The lowest BCUT2D eigenvalue weighted by Crippen LogP contribution is -2.21. The van der Waals surface area contributed by atoms with Gasteiger partial charge in [-0.3, -0.25) is 8.89 Å². The molecule has 1 aromatic rings. The molecule has 1 aliphatic heterocycles. The van der Waals surface area contributed by atoms with Gasteiger partial charge >= 0.3 is 6.18 Å². The molecule has 0 saturated heterocycles. The van der Waals surface area contributed by atoms with Crippen molar-refractivity contribution in [2.24, 2.45) is 12.2 Å². The number of aryl methyl sites for hydroxylation is 1. The van der Waals surface area contributed by atoms with E-state index in [1.807, 2.05) is 0 Å². The lowest BCUT2D eigenvalue weighted by molar-refractivity contribution is -0.141. The highest BCUT2D eigenvalue weighted by molar-refractivity contribution is 7.99. The monoisotopic (exact) mass is 343 g/mol. The number of halogens is 4. The lowest BCUT2D eigenvalue weighted by atomic mass is 10.1. The molecule has 0 saturated carbocycles. The van der Waals surface area contributed by atoms with Gasteiger partial charge in [0.1, 0.15) is 15.8 Å². The maximum Gasteiger partial charge on any atom is 0.435 e. The summed E-state index contributed by atoms with van der Waals surface area (Å²) in [4.78, 5) is 5.06. The number of alkyl halides is 3. The molecular formula is C11H13ClF3N3O2S. The van der Waals surface area contributed by atoms with Crippen LogP contribution in [-0.4, -0.2) is 24.6 Å². The van der Waals surface area contributed by atoms with Gasteiger partial charge in [0.05, 0.1) is 16.6 Å². The fourth-order valence-corrected chi connectivity index (χ4v) is 3.45. The fraction of sp³-hybridized carbons (Fsp3) is 0.636. The number of hydrogen-bond acceptors (Lipinski definition) is 4. The molecule has 1 unspecified atom stereocenters. The van der Waals surface area contributed by atoms with Crippen LogP contribution < -0.4 is 0 Å². The van der Waals surface area contributed by atoms with Crippen molar-refractivity contribution in [3.63, 3.8) is 0 Å². The van der Waals surface area contributed by atoms with Crippen molar-refractivity contribution in [3.8, 4) is 0 Å². The second-order valence-electron chi connectivity index (χ2n) is 5.24. The number of hydrogen-bond donors (Lipinski definition) is 0. The molecule has 10 heteroatoms. The van der Waals surface area contributed by atoms with Crippen molar-refractivity contribution in [2.75, 3.05) is 0 Å². The van der Waals surface area contributed by atoms with E-state index in [9.17, 15) is 17.4 Å². The highest BCUT2D eigenvalue weighted by Crippen LogP contribution is 2.35. The van der Waals surface area contributed by atoms with Gasteiger partial charge in [-0.2, -0.15) is 18.3 Å². The molecule has 0 aliphatic carbocycles. The number of aromatic nitrogens is 2. The molecule has 0 N–H and O–H groups in total. The summed E-state index contributed by atoms with van der Waals surface area (Å²) in [6.07, 6.45) is -4.36. The first-order valence-corrected chi connectivity index (χ1v) is 7.63. The Balaban J connectivity index is 2.26. The Kier molecular flexibility index (Phi) is 4.09. The van der Waals surface area contributed by atoms with E-state index in [2.05, 4.69) is 10.3 Å². The Hall–Kier alpha value is -1.09. The summed E-state index contributed by atoms with van der Waals surface area (Å²) in [6, 6.07) is 0. The second-order valence-corrected chi connectivity index (χ2v) is 7.05. The van der Waals surface area contributed by atoms with Crippen LogP contribution in [0.4, 0.5) is 13.2 Å². The van der Waals surface area contributed by atoms with Crippen LogP contribution in [0.15, 0.2) is 5.16 Å². The molecule has 2 heterocycles. The van der Waals surface area contributed by atoms with Crippen LogP contribution in [0, 0.1) is 0 Å². The summed E-state index contributed by atoms with van der Waals surface area (Å²) in [7, 11) is -0.453. The van der Waals surface area contributed by atoms with Crippen molar-refractivity contribution in [2.45, 2.75) is 37.8 Å². The average Bonchev–Trinajstić information content (AvgIpc) is 2.83. The van der Waals surface area contributed by atoms with Crippen molar-refractivity contribution >= 4 is 27.4 Å². The summed E-state index contributed by atoms with van der Waals surface area (Å²) in [6.45, 7) is 3.50. The summed E-state index contributed by atoms with van der Waals surface area (Å²) in [5.41, 5.74) is -2.02. The van der Waals surface area contributed by atoms with Crippen LogP contribution in [0.1, 0.15) is 31.5 Å². The summed E-state index contributed by atoms with van der Waals surface area (Å²) >= 11 is 5.82. The van der Waals surface area contributed by atoms with Crippen LogP contribution in [0.2, 0.25) is 5.15 Å². The minimum absolute atomic E-state index is 0.186. The SMILES string of the molecule is Cn1nc(C(F)(F)F)c(CS(=O)C2=NOC(C)(C)C2)c1Cl. The van der Waals surface area contributed by atoms with Gasteiger partial charge < -0.3 is 4.84 Å². The third kappa shape index (κ3) is 3.39. The minimum atomic E-state index is -4.66. The van der Waals surface area contributed by atoms with Gasteiger partial charge in [-0.05, 0) is 13.8 Å². The molecule has 0 bridgehead atoms. The predicted molar refractivity (Wildman–Crippen MR) is 72.3 cm³/mol. The zero-order chi connectivity index (χ0) is 16.0. The van der Waals surface area contributed by atoms with Gasteiger partial charge in [0.25, 0.3) is 0 Å². The minimum Gasteiger partial charge on any atom is -0.389 e. The summed E-state index contributed by atoms with van der Waals surface area (Å²) in [5.74, 6) is -0.403. The van der Waals surface area contributed by atoms with Crippen molar-refractivity contribution in [3.05, 3.63) is 16.4 Å². The van der Waals surface area contributed by atoms with E-state index in [4.69, 9.17) is 16.4 Å². The molecule has 0 aromatic carbocycles. The van der Waals surface area contributed by atoms with Gasteiger partial charge in [-0.25, -0.2) is 0 Å². The molecule has 21 heavy (non-hydrogen) atoms. The van der Waals surface area contributed by atoms with Crippen LogP contribution in [0.25, 0.3) is 0 Å². The fourth-order valence-electron chi connectivity index (χ4n) is 1.84. The molecule has 0 radical (unpaired) electrons. The zero-order valence-electron chi connectivity index (χ0n) is 11.5. The van der Waals surface area contributed by atoms with Gasteiger partial charge in [0.15, 0.2) is 5.69 Å². The van der Waals surface area contributed by atoms with Crippen LogP contribution in [0.5, 0.6) is 0 Å². The highest BCUT2D eigenvalue weighted by Gasteiger charge is 2.40. The first kappa shape index (κ1) is 16.3. The lowest BCUT2D eigenvalue weighted by Gasteiger charge is -2.13. The summed E-state index contributed by atoms with van der Waals surface area (Å²) in [5, 5.41) is 7.05. The Morgan fingerprint density at radius 1 is 1.48 bits per heavy atom. The van der Waals surface area contributed by atoms with E-state index in [1.54, 1.807) is 13.8 Å². The molecular weight excluding hydrogens is 331 g/mol. The Labute approximate surface area is 126 Å². The first-order valence-electron chi connectivity index (χ1n) is 5.93. The molecule has 5 nitrogen and oxygen atoms in total. The number of oxime groups is 1. The third-order valence-corrected chi connectivity index (χ3v) is 4.62. The van der Waals surface area contributed by atoms with Crippen LogP contribution in [0.3, 0.4) is 0 Å². The molecule has 1 aliphatic rings. The van der Waals surface area contributed by atoms with E-state index in [1.165, 1.54) is 7.05 Å². The molecule has 2 rings (SSSR count). The maximum atomic E-state index is 12.9. The smallest absolute Gasteiger partial charge is 0.389 e. The third-order valence-electron chi connectivity index (χ3n) is 2.85. The number of rotatable bonds is 2. The Morgan fingerprint density at radius 3 is 2.57 bits per heavy atom. The van der Waals surface area contributed by atoms with E-state index in [0.717, 1.165) is 4.68 Å². The zero-order valence-corrected chi connectivity index (χ0v) is 13.1. The normalized spacial score (nSPS) is 19.3. The number of nitrogens with zero attached hydrogens (tertiary/aromatic N) is 3. The summed E-state index contributed by atoms with van der Waals surface area (Å²) < 4.78 is 51.8. The molecule has 118 valence electrons. The van der Waals surface area contributed by atoms with E-state index in [0.29, 0.717) is 6.42 Å². The second kappa shape index (κ2) is 5.28. The van der Waals surface area contributed by atoms with Gasteiger partial charge in [0.2, 0.25) is 0 Å². The van der Waals surface area contributed by atoms with Crippen LogP contribution in [-0.2, 0) is 34.6 Å². The average molecular weight is 344 g/mol. The van der Waals surface area contributed by atoms with Crippen molar-refractivity contribution in [1.82, 2.24) is 9.78 Å². The molecule has 1 atom stereocenters. The Bertz CT molecular complexity index is 625. The first-order chi connectivity index (χ1) is 9.51. The molecule has 1 aromatic heterocycles. The van der Waals surface area contributed by atoms with Gasteiger partial charge in [0, 0.05) is 19.0 Å². The largest absolute Gasteiger partial charge is 0.435 e. The van der Waals surface area contributed by atoms with Crippen LogP contribution >= 0.6 is 11.6 Å². The van der Waals surface area contributed by atoms with E-state index < -0.39 is 34.0 Å². The predicted octanol–water partition coefficient (Wildman–Crippen LogP) is 2.85. The Morgan fingerprint density at radius 2 is 2.10 bits per heavy atom. The van der Waals surface area contributed by atoms with Crippen molar-refractivity contribution in [1.29, 1.82) is 0 Å². The molecule has 0 fully saturated rings. The maximum absolute atomic E-state index is 12.9.